The number of nitrogens with zero attached hydrogens (tertiary/aromatic N) is 1. The number of ketones is 1. The molecule has 3 nitrogen and oxygen atoms in total. The maximum absolute atomic E-state index is 10.0. The molecule has 3 rings (SSSR count). The molecule has 3 aromatic rings. The summed E-state index contributed by atoms with van der Waals surface area (Å²) >= 11 is 0. The second kappa shape index (κ2) is 9.87. The molecule has 0 amide bonds. The smallest absolute Gasteiger partial charge is 0.155 e. The van der Waals surface area contributed by atoms with Crippen molar-refractivity contribution in [2.75, 3.05) is 0 Å². The average Bonchev–Trinajstić information content (AvgIpc) is 2.54. The summed E-state index contributed by atoms with van der Waals surface area (Å²) in [5.41, 5.74) is 4.29. The second-order valence-corrected chi connectivity index (χ2v) is 5.52. The Bertz CT molecular complexity index is 869. The largest absolute Gasteiger partial charge is 0.512 e. The van der Waals surface area contributed by atoms with Crippen molar-refractivity contribution >= 4 is 16.7 Å². The predicted octanol–water partition coefficient (Wildman–Crippen LogP) is 5.05. The van der Waals surface area contributed by atoms with Crippen LogP contribution in [0.2, 0.25) is 0 Å². The van der Waals surface area contributed by atoms with Crippen LogP contribution in [0.25, 0.3) is 22.2 Å². The standard InChI is InChI=1S/C16H12N.C5H8O2.Ir/c1-12-11-14-9-5-6-10-15(14)17-16(12)13-7-3-2-4-8-13;1-4(6)3-5(2)7;/h2-7,9-11H,1H3;3,6H,1-2H3;/q-1;;/b;4-3-;. The molecule has 1 heterocycles. The summed E-state index contributed by atoms with van der Waals surface area (Å²) in [5.74, 6) is -0.0625. The summed E-state index contributed by atoms with van der Waals surface area (Å²) in [6.07, 6.45) is 1.17. The quantitative estimate of drug-likeness (QED) is 0.298. The monoisotopic (exact) mass is 511 g/mol. The number of fused-ring (bicyclic) bond motifs is 1. The van der Waals surface area contributed by atoms with E-state index in [2.05, 4.69) is 25.1 Å². The summed E-state index contributed by atoms with van der Waals surface area (Å²) in [6, 6.07) is 21.6. The molecule has 0 saturated carbocycles. The molecule has 0 saturated heterocycles. The molecule has 25 heavy (non-hydrogen) atoms. The normalized spacial score (nSPS) is 10.4. The van der Waals surface area contributed by atoms with E-state index in [4.69, 9.17) is 10.1 Å². The number of carbonyl (C=O) groups is 1. The van der Waals surface area contributed by atoms with Gasteiger partial charge in [-0.1, -0.05) is 29.8 Å². The van der Waals surface area contributed by atoms with Crippen molar-refractivity contribution in [2.45, 2.75) is 20.8 Å². The van der Waals surface area contributed by atoms with Crippen molar-refractivity contribution < 1.29 is 30.0 Å². The zero-order valence-electron chi connectivity index (χ0n) is 14.4. The first-order valence-electron chi connectivity index (χ1n) is 7.68. The van der Waals surface area contributed by atoms with Crippen LogP contribution in [0.15, 0.2) is 66.4 Å². The van der Waals surface area contributed by atoms with Crippen LogP contribution < -0.4 is 0 Å². The molecular formula is C21H20IrNO2-. The Morgan fingerprint density at radius 1 is 1.12 bits per heavy atom. The van der Waals surface area contributed by atoms with Crippen molar-refractivity contribution in [3.8, 4) is 11.3 Å². The van der Waals surface area contributed by atoms with Gasteiger partial charge in [0.05, 0.1) is 11.3 Å². The fraction of sp³-hybridized carbons (Fsp3) is 0.143. The van der Waals surface area contributed by atoms with Crippen LogP contribution in [-0.2, 0) is 24.9 Å². The third-order valence-electron chi connectivity index (χ3n) is 3.29. The van der Waals surface area contributed by atoms with Gasteiger partial charge in [0.15, 0.2) is 5.78 Å². The summed E-state index contributed by atoms with van der Waals surface area (Å²) in [4.78, 5) is 14.7. The van der Waals surface area contributed by atoms with Crippen LogP contribution in [0, 0.1) is 13.0 Å². The molecule has 1 aromatic heterocycles. The molecule has 0 atom stereocenters. The van der Waals surface area contributed by atoms with E-state index in [1.54, 1.807) is 0 Å². The van der Waals surface area contributed by atoms with Gasteiger partial charge in [0.2, 0.25) is 0 Å². The molecular weight excluding hydrogens is 490 g/mol. The summed E-state index contributed by atoms with van der Waals surface area (Å²) in [5, 5.41) is 9.55. The van der Waals surface area contributed by atoms with Gasteiger partial charge in [-0.05, 0) is 37.9 Å². The maximum Gasteiger partial charge on any atom is 0.155 e. The van der Waals surface area contributed by atoms with E-state index < -0.39 is 0 Å². The number of aliphatic hydroxyl groups is 1. The Hall–Kier alpha value is -2.29. The molecule has 2 aromatic carbocycles. The minimum absolute atomic E-state index is 0. The molecule has 0 fully saturated rings. The van der Waals surface area contributed by atoms with Gasteiger partial charge in [-0.3, -0.25) is 9.78 Å². The number of pyridine rings is 1. The van der Waals surface area contributed by atoms with E-state index in [9.17, 15) is 4.79 Å². The fourth-order valence-corrected chi connectivity index (χ4v) is 2.33. The Morgan fingerprint density at radius 2 is 1.80 bits per heavy atom. The molecule has 0 unspecified atom stereocenters. The van der Waals surface area contributed by atoms with Crippen LogP contribution in [0.4, 0.5) is 0 Å². The molecule has 1 radical (unpaired) electrons. The van der Waals surface area contributed by atoms with Crippen molar-refractivity contribution in [2.24, 2.45) is 0 Å². The second-order valence-electron chi connectivity index (χ2n) is 5.52. The van der Waals surface area contributed by atoms with Gasteiger partial charge in [-0.15, -0.1) is 35.9 Å². The number of allylic oxidation sites excluding steroid dienone is 2. The molecule has 0 aliphatic carbocycles. The number of rotatable bonds is 2. The molecule has 0 spiro atoms. The predicted molar refractivity (Wildman–Crippen MR) is 97.8 cm³/mol. The number of aliphatic hydroxyl groups excluding tert-OH is 1. The molecule has 0 aliphatic heterocycles. The Morgan fingerprint density at radius 3 is 2.36 bits per heavy atom. The number of carbonyl (C=O) groups excluding carboxylic acids is 1. The number of aromatic nitrogens is 1. The minimum Gasteiger partial charge on any atom is -0.512 e. The number of aryl methyl sites for hydroxylation is 1. The van der Waals surface area contributed by atoms with Gasteiger partial charge < -0.3 is 5.11 Å². The third-order valence-corrected chi connectivity index (χ3v) is 3.29. The molecule has 0 bridgehead atoms. The van der Waals surface area contributed by atoms with Crippen LogP contribution in [0.3, 0.4) is 0 Å². The first-order chi connectivity index (χ1) is 11.5. The van der Waals surface area contributed by atoms with E-state index >= 15 is 0 Å². The Balaban J connectivity index is 0.000000339. The molecule has 4 heteroatoms. The third kappa shape index (κ3) is 6.26. The minimum atomic E-state index is -0.125. The van der Waals surface area contributed by atoms with E-state index in [0.29, 0.717) is 0 Å². The van der Waals surface area contributed by atoms with Crippen molar-refractivity contribution in [3.05, 3.63) is 78.1 Å². The number of para-hydroxylation sites is 1. The fourth-order valence-electron chi connectivity index (χ4n) is 2.33. The van der Waals surface area contributed by atoms with Crippen LogP contribution >= 0.6 is 0 Å². The van der Waals surface area contributed by atoms with Gasteiger partial charge in [0, 0.05) is 26.2 Å². The number of hydrogen-bond acceptors (Lipinski definition) is 3. The summed E-state index contributed by atoms with van der Waals surface area (Å²) in [7, 11) is 0. The zero-order valence-corrected chi connectivity index (χ0v) is 16.8. The van der Waals surface area contributed by atoms with Gasteiger partial charge in [0.25, 0.3) is 0 Å². The Labute approximate surface area is 161 Å². The first-order valence-corrected chi connectivity index (χ1v) is 7.68. The van der Waals surface area contributed by atoms with E-state index in [-0.39, 0.29) is 31.6 Å². The van der Waals surface area contributed by atoms with Crippen molar-refractivity contribution in [3.63, 3.8) is 0 Å². The molecule has 131 valence electrons. The van der Waals surface area contributed by atoms with Gasteiger partial charge >= 0.3 is 0 Å². The maximum atomic E-state index is 10.0. The summed E-state index contributed by atoms with van der Waals surface area (Å²) < 4.78 is 0. The first kappa shape index (κ1) is 20.8. The van der Waals surface area contributed by atoms with Crippen LogP contribution in [0.1, 0.15) is 19.4 Å². The van der Waals surface area contributed by atoms with Crippen LogP contribution in [0.5, 0.6) is 0 Å². The molecule has 0 aliphatic rings. The van der Waals surface area contributed by atoms with Gasteiger partial charge in [-0.25, -0.2) is 0 Å². The van der Waals surface area contributed by atoms with Crippen molar-refractivity contribution in [1.29, 1.82) is 0 Å². The summed E-state index contributed by atoms with van der Waals surface area (Å²) in [6.45, 7) is 4.94. The van der Waals surface area contributed by atoms with Gasteiger partial charge in [-0.2, -0.15) is 0 Å². The van der Waals surface area contributed by atoms with E-state index in [1.807, 2.05) is 42.5 Å². The zero-order chi connectivity index (χ0) is 17.5. The topological polar surface area (TPSA) is 50.2 Å². The average molecular weight is 511 g/mol. The SMILES string of the molecule is CC(=O)/C=C(/C)O.Cc1cc2ccccc2nc1-c1[c-]cccc1.[Ir]. The number of hydrogen-bond donors (Lipinski definition) is 1. The number of benzene rings is 2. The van der Waals surface area contributed by atoms with Crippen LogP contribution in [-0.4, -0.2) is 15.9 Å². The van der Waals surface area contributed by atoms with Crippen molar-refractivity contribution in [1.82, 2.24) is 4.98 Å². The Kier molecular flexibility index (Phi) is 8.20. The van der Waals surface area contributed by atoms with Gasteiger partial charge in [0.1, 0.15) is 0 Å². The molecule has 1 N–H and O–H groups in total. The van der Waals surface area contributed by atoms with E-state index in [1.165, 1.54) is 30.9 Å². The van der Waals surface area contributed by atoms with E-state index in [0.717, 1.165) is 16.8 Å².